The molecule has 1 aromatic heterocycles. The van der Waals surface area contributed by atoms with Crippen LogP contribution < -0.4 is 10.5 Å². The average Bonchev–Trinajstić information content (AvgIpc) is 2.60. The molecule has 15 heavy (non-hydrogen) atoms. The molecule has 0 radical (unpaired) electrons. The van der Waals surface area contributed by atoms with Crippen molar-refractivity contribution >= 4 is 5.82 Å². The maximum absolute atomic E-state index is 9.32. The van der Waals surface area contributed by atoms with Gasteiger partial charge >= 0.3 is 0 Å². The summed E-state index contributed by atoms with van der Waals surface area (Å²) in [6, 6.07) is 8.29. The lowest BCUT2D eigenvalue weighted by atomic mass is 10.3. The van der Waals surface area contributed by atoms with E-state index in [1.807, 2.05) is 0 Å². The van der Waals surface area contributed by atoms with Crippen LogP contribution in [0.25, 0.3) is 5.69 Å². The first-order chi connectivity index (χ1) is 7.20. The van der Waals surface area contributed by atoms with Gasteiger partial charge in [0.15, 0.2) is 0 Å². The molecule has 0 aliphatic carbocycles. The van der Waals surface area contributed by atoms with Gasteiger partial charge in [-0.15, -0.1) is 5.10 Å². The first-order valence-corrected chi connectivity index (χ1v) is 4.39. The molecule has 78 valence electrons. The summed E-state index contributed by atoms with van der Waals surface area (Å²) in [6.45, 7) is 0. The average molecular weight is 205 g/mol. The Morgan fingerprint density at radius 1 is 1.40 bits per heavy atom. The van der Waals surface area contributed by atoms with Gasteiger partial charge in [-0.3, -0.25) is 0 Å². The molecule has 1 heterocycles. The molecule has 0 aliphatic rings. The summed E-state index contributed by atoms with van der Waals surface area (Å²) in [5.74, 6) is 1.06. The predicted molar refractivity (Wildman–Crippen MR) is 56.2 cm³/mol. The van der Waals surface area contributed by atoms with Gasteiger partial charge in [-0.05, 0) is 12.1 Å². The van der Waals surface area contributed by atoms with Crippen LogP contribution in [0.4, 0.5) is 5.82 Å². The number of nitrogens with zero attached hydrogens (tertiary/aromatic N) is 2. The molecule has 0 saturated heterocycles. The predicted octanol–water partition coefficient (Wildman–Crippen LogP) is 1.17. The van der Waals surface area contributed by atoms with Gasteiger partial charge < -0.3 is 15.6 Å². The van der Waals surface area contributed by atoms with Crippen molar-refractivity contribution in [2.75, 3.05) is 12.8 Å². The number of nitrogens with two attached hydrogens (primary N) is 1. The van der Waals surface area contributed by atoms with Gasteiger partial charge in [-0.2, -0.15) is 0 Å². The van der Waals surface area contributed by atoms with Crippen LogP contribution in [0.15, 0.2) is 30.3 Å². The zero-order chi connectivity index (χ0) is 10.8. The highest BCUT2D eigenvalue weighted by Crippen LogP contribution is 2.21. The smallest absolute Gasteiger partial charge is 0.235 e. The fraction of sp³-hybridized carbons (Fsp3) is 0.100. The van der Waals surface area contributed by atoms with E-state index in [2.05, 4.69) is 5.10 Å². The largest absolute Gasteiger partial charge is 0.508 e. The van der Waals surface area contributed by atoms with Crippen LogP contribution >= 0.6 is 0 Å². The molecular formula is C10H11N3O2. The highest BCUT2D eigenvalue weighted by Gasteiger charge is 2.06. The minimum Gasteiger partial charge on any atom is -0.508 e. The molecule has 2 aromatic rings. The number of phenols is 1. The molecule has 1 aromatic carbocycles. The van der Waals surface area contributed by atoms with Crippen LogP contribution in [0, 0.1) is 0 Å². The van der Waals surface area contributed by atoms with Gasteiger partial charge in [0.2, 0.25) is 5.88 Å². The molecule has 0 bridgehead atoms. The molecule has 2 rings (SSSR count). The van der Waals surface area contributed by atoms with Crippen molar-refractivity contribution in [3.05, 3.63) is 30.3 Å². The molecule has 0 spiro atoms. The highest BCUT2D eigenvalue weighted by molar-refractivity contribution is 5.46. The van der Waals surface area contributed by atoms with Gasteiger partial charge in [0, 0.05) is 12.1 Å². The zero-order valence-electron chi connectivity index (χ0n) is 8.21. The second-order valence-electron chi connectivity index (χ2n) is 3.04. The topological polar surface area (TPSA) is 73.3 Å². The summed E-state index contributed by atoms with van der Waals surface area (Å²) in [7, 11) is 1.52. The van der Waals surface area contributed by atoms with E-state index >= 15 is 0 Å². The number of phenolic OH excluding ortho intramolecular Hbond substituents is 1. The van der Waals surface area contributed by atoms with E-state index in [4.69, 9.17) is 10.5 Å². The number of nitrogen functional groups attached to an aromatic ring is 1. The Kier molecular flexibility index (Phi) is 2.21. The van der Waals surface area contributed by atoms with Crippen molar-refractivity contribution in [2.45, 2.75) is 0 Å². The van der Waals surface area contributed by atoms with Crippen molar-refractivity contribution < 1.29 is 9.84 Å². The third-order valence-electron chi connectivity index (χ3n) is 2.00. The summed E-state index contributed by atoms with van der Waals surface area (Å²) in [5.41, 5.74) is 6.43. The van der Waals surface area contributed by atoms with Crippen molar-refractivity contribution in [1.82, 2.24) is 9.78 Å². The SMILES string of the molecule is COc1cc(N)n(-c2cccc(O)c2)n1. The highest BCUT2D eigenvalue weighted by atomic mass is 16.5. The van der Waals surface area contributed by atoms with E-state index in [0.717, 1.165) is 0 Å². The molecule has 0 atom stereocenters. The first-order valence-electron chi connectivity index (χ1n) is 4.39. The van der Waals surface area contributed by atoms with Crippen molar-refractivity contribution in [3.63, 3.8) is 0 Å². The zero-order valence-corrected chi connectivity index (χ0v) is 8.21. The summed E-state index contributed by atoms with van der Waals surface area (Å²) in [5, 5.41) is 13.4. The minimum atomic E-state index is 0.168. The fourth-order valence-corrected chi connectivity index (χ4v) is 1.30. The van der Waals surface area contributed by atoms with E-state index < -0.39 is 0 Å². The Morgan fingerprint density at radius 3 is 2.80 bits per heavy atom. The molecule has 0 fully saturated rings. The van der Waals surface area contributed by atoms with Crippen LogP contribution in [-0.4, -0.2) is 22.0 Å². The Labute approximate surface area is 86.7 Å². The van der Waals surface area contributed by atoms with Crippen LogP contribution in [0.1, 0.15) is 0 Å². The van der Waals surface area contributed by atoms with E-state index in [-0.39, 0.29) is 5.75 Å². The van der Waals surface area contributed by atoms with Gasteiger partial charge in [0.25, 0.3) is 0 Å². The second kappa shape index (κ2) is 3.53. The van der Waals surface area contributed by atoms with Crippen LogP contribution in [0.3, 0.4) is 0 Å². The van der Waals surface area contributed by atoms with E-state index in [9.17, 15) is 5.11 Å². The number of ether oxygens (including phenoxy) is 1. The normalized spacial score (nSPS) is 10.2. The lowest BCUT2D eigenvalue weighted by Gasteiger charge is -2.03. The maximum Gasteiger partial charge on any atom is 0.235 e. The Balaban J connectivity index is 2.48. The third-order valence-corrected chi connectivity index (χ3v) is 2.00. The van der Waals surface area contributed by atoms with Gasteiger partial charge in [-0.25, -0.2) is 4.68 Å². The first kappa shape index (κ1) is 9.39. The van der Waals surface area contributed by atoms with Crippen LogP contribution in [-0.2, 0) is 0 Å². The fourth-order valence-electron chi connectivity index (χ4n) is 1.30. The molecule has 0 amide bonds. The van der Waals surface area contributed by atoms with E-state index in [0.29, 0.717) is 17.4 Å². The van der Waals surface area contributed by atoms with Gasteiger partial charge in [-0.1, -0.05) is 6.07 Å². The van der Waals surface area contributed by atoms with E-state index in [1.165, 1.54) is 11.8 Å². The van der Waals surface area contributed by atoms with Crippen LogP contribution in [0.5, 0.6) is 11.6 Å². The van der Waals surface area contributed by atoms with Crippen molar-refractivity contribution in [2.24, 2.45) is 0 Å². The Morgan fingerprint density at radius 2 is 2.20 bits per heavy atom. The number of rotatable bonds is 2. The molecule has 5 nitrogen and oxygen atoms in total. The molecule has 0 aliphatic heterocycles. The Bertz CT molecular complexity index is 479. The lowest BCUT2D eigenvalue weighted by Crippen LogP contribution is -2.01. The van der Waals surface area contributed by atoms with Crippen molar-refractivity contribution in [1.29, 1.82) is 0 Å². The number of hydrogen-bond acceptors (Lipinski definition) is 4. The number of anilines is 1. The lowest BCUT2D eigenvalue weighted by molar-refractivity contribution is 0.394. The number of aromatic hydroxyl groups is 1. The summed E-state index contributed by atoms with van der Waals surface area (Å²) in [6.07, 6.45) is 0. The molecule has 0 unspecified atom stereocenters. The third kappa shape index (κ3) is 1.71. The molecule has 3 N–H and O–H groups in total. The maximum atomic E-state index is 9.32. The molecular weight excluding hydrogens is 194 g/mol. The van der Waals surface area contributed by atoms with Crippen LogP contribution in [0.2, 0.25) is 0 Å². The molecule has 0 saturated carbocycles. The second-order valence-corrected chi connectivity index (χ2v) is 3.04. The number of aromatic nitrogens is 2. The number of benzene rings is 1. The van der Waals surface area contributed by atoms with Gasteiger partial charge in [0.1, 0.15) is 11.6 Å². The van der Waals surface area contributed by atoms with E-state index in [1.54, 1.807) is 30.3 Å². The monoisotopic (exact) mass is 205 g/mol. The van der Waals surface area contributed by atoms with Gasteiger partial charge in [0.05, 0.1) is 12.8 Å². The molecule has 5 heteroatoms. The number of hydrogen-bond donors (Lipinski definition) is 2. The Hall–Kier alpha value is -2.17. The summed E-state index contributed by atoms with van der Waals surface area (Å²) >= 11 is 0. The minimum absolute atomic E-state index is 0.168. The van der Waals surface area contributed by atoms with Crippen molar-refractivity contribution in [3.8, 4) is 17.3 Å². The summed E-state index contributed by atoms with van der Waals surface area (Å²) < 4.78 is 6.45. The number of methoxy groups -OCH3 is 1. The quantitative estimate of drug-likeness (QED) is 0.771. The standard InChI is InChI=1S/C10H11N3O2/c1-15-10-6-9(11)13(12-10)7-3-2-4-8(14)5-7/h2-6,14H,11H2,1H3. The summed E-state index contributed by atoms with van der Waals surface area (Å²) in [4.78, 5) is 0.